The zero-order valence-electron chi connectivity index (χ0n) is 13.6. The fraction of sp³-hybridized carbons (Fsp3) is 0.294. The Hall–Kier alpha value is -1.89. The Morgan fingerprint density at radius 3 is 2.75 bits per heavy atom. The van der Waals surface area contributed by atoms with E-state index in [9.17, 15) is 9.59 Å². The molecule has 0 fully saturated rings. The Morgan fingerprint density at radius 2 is 2.04 bits per heavy atom. The van der Waals surface area contributed by atoms with Crippen LogP contribution < -0.4 is 10.6 Å². The molecule has 0 spiro atoms. The molecule has 0 saturated carbocycles. The summed E-state index contributed by atoms with van der Waals surface area (Å²) in [6.45, 7) is 2.69. The van der Waals surface area contributed by atoms with Gasteiger partial charge in [-0.2, -0.15) is 11.3 Å². The minimum Gasteiger partial charge on any atom is -0.346 e. The summed E-state index contributed by atoms with van der Waals surface area (Å²) in [5, 5.41) is 10.0. The van der Waals surface area contributed by atoms with Crippen molar-refractivity contribution in [2.75, 3.05) is 25.5 Å². The highest BCUT2D eigenvalue weighted by atomic mass is 35.5. The van der Waals surface area contributed by atoms with Crippen LogP contribution in [0.25, 0.3) is 0 Å². The van der Waals surface area contributed by atoms with Crippen molar-refractivity contribution in [3.8, 4) is 0 Å². The molecule has 1 aromatic heterocycles. The van der Waals surface area contributed by atoms with Gasteiger partial charge in [0.15, 0.2) is 0 Å². The van der Waals surface area contributed by atoms with Crippen LogP contribution in [0, 0.1) is 6.92 Å². The van der Waals surface area contributed by atoms with Gasteiger partial charge in [0.2, 0.25) is 11.8 Å². The summed E-state index contributed by atoms with van der Waals surface area (Å²) in [4.78, 5) is 25.7. The van der Waals surface area contributed by atoms with Crippen LogP contribution in [0.4, 0.5) is 5.69 Å². The number of carbonyl (C=O) groups excluding carboxylic acids is 2. The van der Waals surface area contributed by atoms with Gasteiger partial charge in [-0.1, -0.05) is 17.7 Å². The van der Waals surface area contributed by atoms with Gasteiger partial charge in [0.05, 0.1) is 13.1 Å². The first-order valence-corrected chi connectivity index (χ1v) is 8.79. The number of anilines is 1. The smallest absolute Gasteiger partial charge is 0.243 e. The predicted molar refractivity (Wildman–Crippen MR) is 98.5 cm³/mol. The lowest BCUT2D eigenvalue weighted by atomic mass is 10.2. The molecule has 0 radical (unpaired) electrons. The number of thiophene rings is 1. The van der Waals surface area contributed by atoms with Crippen molar-refractivity contribution in [2.45, 2.75) is 13.5 Å². The maximum atomic E-state index is 11.9. The Labute approximate surface area is 150 Å². The molecule has 2 rings (SSSR count). The van der Waals surface area contributed by atoms with E-state index in [4.69, 9.17) is 11.6 Å². The quantitative estimate of drug-likeness (QED) is 0.793. The first kappa shape index (κ1) is 18.4. The minimum absolute atomic E-state index is 0.0723. The van der Waals surface area contributed by atoms with Gasteiger partial charge < -0.3 is 10.6 Å². The van der Waals surface area contributed by atoms with Gasteiger partial charge >= 0.3 is 0 Å². The number of hydrogen-bond acceptors (Lipinski definition) is 4. The normalized spacial score (nSPS) is 10.7. The van der Waals surface area contributed by atoms with Crippen molar-refractivity contribution in [3.05, 3.63) is 51.2 Å². The lowest BCUT2D eigenvalue weighted by molar-refractivity contribution is -0.124. The lowest BCUT2D eigenvalue weighted by Crippen LogP contribution is -2.39. The standard InChI is InChI=1S/C17H20ClN3O2S/c1-12-14(18)4-3-5-15(12)20-16(22)8-19-17(23)10-21(2)9-13-6-7-24-11-13/h3-7,11H,8-10H2,1-2H3,(H,19,23)(H,20,22). The summed E-state index contributed by atoms with van der Waals surface area (Å²) in [5.74, 6) is -0.472. The van der Waals surface area contributed by atoms with E-state index in [2.05, 4.69) is 16.0 Å². The van der Waals surface area contributed by atoms with Crippen LogP contribution in [0.15, 0.2) is 35.0 Å². The van der Waals surface area contributed by atoms with Crippen LogP contribution in [-0.4, -0.2) is 36.9 Å². The molecule has 0 atom stereocenters. The molecule has 2 N–H and O–H groups in total. The van der Waals surface area contributed by atoms with Gasteiger partial charge in [-0.25, -0.2) is 0 Å². The number of halogens is 1. The fourth-order valence-electron chi connectivity index (χ4n) is 2.17. The molecule has 0 aliphatic rings. The Morgan fingerprint density at radius 1 is 1.25 bits per heavy atom. The highest BCUT2D eigenvalue weighted by Crippen LogP contribution is 2.22. The van der Waals surface area contributed by atoms with Crippen molar-refractivity contribution in [1.82, 2.24) is 10.2 Å². The van der Waals surface area contributed by atoms with E-state index in [1.165, 1.54) is 5.56 Å². The van der Waals surface area contributed by atoms with Crippen LogP contribution in [0.3, 0.4) is 0 Å². The van der Waals surface area contributed by atoms with Crippen LogP contribution in [-0.2, 0) is 16.1 Å². The maximum absolute atomic E-state index is 11.9. The second-order valence-corrected chi connectivity index (χ2v) is 6.73. The van der Waals surface area contributed by atoms with E-state index in [0.29, 0.717) is 17.3 Å². The van der Waals surface area contributed by atoms with E-state index in [-0.39, 0.29) is 24.9 Å². The number of likely N-dealkylation sites (N-methyl/N-ethyl adjacent to an activating group) is 1. The molecule has 2 amide bonds. The third-order valence-electron chi connectivity index (χ3n) is 3.43. The number of amides is 2. The van der Waals surface area contributed by atoms with Gasteiger partial charge in [-0.05, 0) is 54.1 Å². The maximum Gasteiger partial charge on any atom is 0.243 e. The van der Waals surface area contributed by atoms with E-state index in [0.717, 1.165) is 5.56 Å². The Balaban J connectivity index is 1.74. The average Bonchev–Trinajstić information content (AvgIpc) is 3.02. The van der Waals surface area contributed by atoms with Crippen molar-refractivity contribution >= 4 is 40.4 Å². The summed E-state index contributed by atoms with van der Waals surface area (Å²) in [5.41, 5.74) is 2.62. The van der Waals surface area contributed by atoms with Gasteiger partial charge in [0.1, 0.15) is 0 Å². The van der Waals surface area contributed by atoms with Gasteiger partial charge in [0, 0.05) is 17.3 Å². The van der Waals surface area contributed by atoms with E-state index < -0.39 is 0 Å². The molecule has 128 valence electrons. The van der Waals surface area contributed by atoms with Gasteiger partial charge in [0.25, 0.3) is 0 Å². The summed E-state index contributed by atoms with van der Waals surface area (Å²) < 4.78 is 0. The van der Waals surface area contributed by atoms with Crippen molar-refractivity contribution < 1.29 is 9.59 Å². The number of hydrogen-bond donors (Lipinski definition) is 2. The van der Waals surface area contributed by atoms with Crippen LogP contribution in [0.2, 0.25) is 5.02 Å². The first-order valence-electron chi connectivity index (χ1n) is 7.47. The molecule has 0 unspecified atom stereocenters. The molecule has 2 aromatic rings. The fourth-order valence-corrected chi connectivity index (χ4v) is 3.00. The van der Waals surface area contributed by atoms with Crippen LogP contribution >= 0.6 is 22.9 Å². The zero-order valence-corrected chi connectivity index (χ0v) is 15.2. The van der Waals surface area contributed by atoms with E-state index >= 15 is 0 Å². The molecule has 0 saturated heterocycles. The third kappa shape index (κ3) is 5.63. The first-order chi connectivity index (χ1) is 11.5. The molecule has 5 nitrogen and oxygen atoms in total. The molecular weight excluding hydrogens is 346 g/mol. The lowest BCUT2D eigenvalue weighted by Gasteiger charge is -2.15. The van der Waals surface area contributed by atoms with Crippen LogP contribution in [0.1, 0.15) is 11.1 Å². The second kappa shape index (κ2) is 8.82. The molecule has 0 aliphatic carbocycles. The second-order valence-electron chi connectivity index (χ2n) is 5.54. The molecule has 24 heavy (non-hydrogen) atoms. The van der Waals surface area contributed by atoms with E-state index in [1.54, 1.807) is 29.5 Å². The molecule has 1 aromatic carbocycles. The molecular formula is C17H20ClN3O2S. The van der Waals surface area contributed by atoms with Crippen molar-refractivity contribution in [2.24, 2.45) is 0 Å². The number of nitrogens with zero attached hydrogens (tertiary/aromatic N) is 1. The van der Waals surface area contributed by atoms with Gasteiger partial charge in [-0.3, -0.25) is 14.5 Å². The summed E-state index contributed by atoms with van der Waals surface area (Å²) >= 11 is 7.64. The highest BCUT2D eigenvalue weighted by molar-refractivity contribution is 7.07. The third-order valence-corrected chi connectivity index (χ3v) is 4.58. The molecule has 7 heteroatoms. The Bertz CT molecular complexity index is 704. The van der Waals surface area contributed by atoms with Crippen LogP contribution in [0.5, 0.6) is 0 Å². The number of benzene rings is 1. The number of nitrogens with one attached hydrogen (secondary N) is 2. The zero-order chi connectivity index (χ0) is 17.5. The number of rotatable bonds is 7. The average molecular weight is 366 g/mol. The minimum atomic E-state index is -0.283. The van der Waals surface area contributed by atoms with E-state index in [1.807, 2.05) is 30.3 Å². The highest BCUT2D eigenvalue weighted by Gasteiger charge is 2.10. The monoisotopic (exact) mass is 365 g/mol. The van der Waals surface area contributed by atoms with Crippen molar-refractivity contribution in [1.29, 1.82) is 0 Å². The predicted octanol–water partition coefficient (Wildman–Crippen LogP) is 2.90. The van der Waals surface area contributed by atoms with Crippen molar-refractivity contribution in [3.63, 3.8) is 0 Å². The topological polar surface area (TPSA) is 61.4 Å². The summed E-state index contributed by atoms with van der Waals surface area (Å²) in [6, 6.07) is 7.33. The summed E-state index contributed by atoms with van der Waals surface area (Å²) in [7, 11) is 1.87. The molecule has 0 aliphatic heterocycles. The molecule has 1 heterocycles. The Kier molecular flexibility index (Phi) is 6.78. The van der Waals surface area contributed by atoms with Gasteiger partial charge in [-0.15, -0.1) is 0 Å². The number of carbonyl (C=O) groups is 2. The summed E-state index contributed by atoms with van der Waals surface area (Å²) in [6.07, 6.45) is 0. The molecule has 0 bridgehead atoms. The SMILES string of the molecule is Cc1c(Cl)cccc1NC(=O)CNC(=O)CN(C)Cc1ccsc1. The largest absolute Gasteiger partial charge is 0.346 e.